The molecule has 6 heteroatoms. The highest BCUT2D eigenvalue weighted by Gasteiger charge is 2.15. The lowest BCUT2D eigenvalue weighted by atomic mass is 10.0. The highest BCUT2D eigenvalue weighted by atomic mass is 32.2. The van der Waals surface area contributed by atoms with Crippen molar-refractivity contribution in [2.24, 2.45) is 0 Å². The molecule has 5 nitrogen and oxygen atoms in total. The zero-order valence-corrected chi connectivity index (χ0v) is 19.2. The minimum absolute atomic E-state index is 0.0138. The standard InChI is InChI=1S/C28H24O5S/c29-21(18-32-22-7-3-1-4-8-22)19-33-23-13-16-26(27(30)17-23)28(31)20-11-14-25(15-12-20)34-24-9-5-2-6-10-24/h1-17,21,29-30H,18-19H2. The summed E-state index contributed by atoms with van der Waals surface area (Å²) in [5, 5.41) is 20.5. The van der Waals surface area contributed by atoms with E-state index in [9.17, 15) is 15.0 Å². The van der Waals surface area contributed by atoms with Gasteiger partial charge in [0.2, 0.25) is 0 Å². The lowest BCUT2D eigenvalue weighted by molar-refractivity contribution is 0.0625. The van der Waals surface area contributed by atoms with Crippen molar-refractivity contribution in [2.75, 3.05) is 13.2 Å². The number of ether oxygens (including phenoxy) is 2. The van der Waals surface area contributed by atoms with Crippen LogP contribution in [0.1, 0.15) is 15.9 Å². The van der Waals surface area contributed by atoms with Crippen molar-refractivity contribution in [3.8, 4) is 17.2 Å². The quantitative estimate of drug-likeness (QED) is 0.293. The van der Waals surface area contributed by atoms with Crippen LogP contribution in [-0.2, 0) is 0 Å². The van der Waals surface area contributed by atoms with E-state index in [1.165, 1.54) is 12.1 Å². The lowest BCUT2D eigenvalue weighted by Gasteiger charge is -2.14. The topological polar surface area (TPSA) is 76.0 Å². The van der Waals surface area contributed by atoms with E-state index in [4.69, 9.17) is 9.47 Å². The van der Waals surface area contributed by atoms with Crippen molar-refractivity contribution >= 4 is 17.5 Å². The summed E-state index contributed by atoms with van der Waals surface area (Å²) >= 11 is 1.61. The largest absolute Gasteiger partial charge is 0.507 e. The maximum Gasteiger partial charge on any atom is 0.196 e. The van der Waals surface area contributed by atoms with Crippen LogP contribution in [0.3, 0.4) is 0 Å². The van der Waals surface area contributed by atoms with Gasteiger partial charge in [-0.15, -0.1) is 0 Å². The molecule has 4 aromatic carbocycles. The number of rotatable bonds is 10. The summed E-state index contributed by atoms with van der Waals surface area (Å²) in [6.07, 6.45) is -0.851. The van der Waals surface area contributed by atoms with Gasteiger partial charge in [0.15, 0.2) is 5.78 Å². The Balaban J connectivity index is 1.32. The first kappa shape index (κ1) is 23.4. The van der Waals surface area contributed by atoms with E-state index < -0.39 is 6.10 Å². The van der Waals surface area contributed by atoms with Crippen molar-refractivity contribution in [3.63, 3.8) is 0 Å². The van der Waals surface area contributed by atoms with Gasteiger partial charge in [-0.3, -0.25) is 4.79 Å². The molecule has 0 aliphatic heterocycles. The first-order chi connectivity index (χ1) is 16.6. The Morgan fingerprint density at radius 3 is 1.97 bits per heavy atom. The number of benzene rings is 4. The molecule has 0 bridgehead atoms. The number of aliphatic hydroxyl groups excluding tert-OH is 1. The average molecular weight is 473 g/mol. The van der Waals surface area contributed by atoms with Crippen LogP contribution in [0.4, 0.5) is 0 Å². The van der Waals surface area contributed by atoms with Crippen LogP contribution in [0, 0.1) is 0 Å². The van der Waals surface area contributed by atoms with Gasteiger partial charge < -0.3 is 19.7 Å². The molecule has 0 aromatic heterocycles. The number of carbonyl (C=O) groups excluding carboxylic acids is 1. The molecule has 1 atom stereocenters. The number of hydrogen-bond acceptors (Lipinski definition) is 6. The van der Waals surface area contributed by atoms with Crippen molar-refractivity contribution in [1.82, 2.24) is 0 Å². The third-order valence-electron chi connectivity index (χ3n) is 4.94. The molecule has 0 radical (unpaired) electrons. The second-order valence-electron chi connectivity index (χ2n) is 7.54. The van der Waals surface area contributed by atoms with Crippen LogP contribution in [0.5, 0.6) is 17.2 Å². The van der Waals surface area contributed by atoms with Crippen LogP contribution >= 0.6 is 11.8 Å². The molecule has 4 rings (SSSR count). The first-order valence-corrected chi connectivity index (χ1v) is 11.6. The number of para-hydroxylation sites is 1. The Hall–Kier alpha value is -3.74. The molecule has 0 saturated carbocycles. The summed E-state index contributed by atoms with van der Waals surface area (Å²) in [4.78, 5) is 15.0. The molecule has 1 unspecified atom stereocenters. The molecular formula is C28H24O5S. The van der Waals surface area contributed by atoms with Gasteiger partial charge in [-0.2, -0.15) is 0 Å². The minimum atomic E-state index is -0.851. The Morgan fingerprint density at radius 2 is 1.32 bits per heavy atom. The Labute approximate surface area is 202 Å². The fourth-order valence-corrected chi connectivity index (χ4v) is 4.03. The van der Waals surface area contributed by atoms with Gasteiger partial charge in [0.1, 0.15) is 36.6 Å². The van der Waals surface area contributed by atoms with E-state index in [0.717, 1.165) is 9.79 Å². The maximum atomic E-state index is 12.9. The molecule has 0 aliphatic rings. The SMILES string of the molecule is O=C(c1ccc(Sc2ccccc2)cc1)c1ccc(OCC(O)COc2ccccc2)cc1O. The summed E-state index contributed by atoms with van der Waals surface area (Å²) < 4.78 is 11.0. The monoisotopic (exact) mass is 472 g/mol. The van der Waals surface area contributed by atoms with Gasteiger partial charge in [0.25, 0.3) is 0 Å². The predicted molar refractivity (Wildman–Crippen MR) is 132 cm³/mol. The number of carbonyl (C=O) groups is 1. The average Bonchev–Trinajstić information content (AvgIpc) is 2.87. The second kappa shape index (κ2) is 11.4. The third kappa shape index (κ3) is 6.41. The summed E-state index contributed by atoms with van der Waals surface area (Å²) in [5.74, 6) is 0.549. The zero-order valence-electron chi connectivity index (χ0n) is 18.3. The normalized spacial score (nSPS) is 11.6. The highest BCUT2D eigenvalue weighted by molar-refractivity contribution is 7.99. The molecule has 172 valence electrons. The van der Waals surface area contributed by atoms with Gasteiger partial charge in [0.05, 0.1) is 5.56 Å². The highest BCUT2D eigenvalue weighted by Crippen LogP contribution is 2.29. The van der Waals surface area contributed by atoms with Crippen molar-refractivity contribution in [2.45, 2.75) is 15.9 Å². The molecule has 0 spiro atoms. The lowest BCUT2D eigenvalue weighted by Crippen LogP contribution is -2.25. The molecule has 0 heterocycles. The van der Waals surface area contributed by atoms with E-state index in [1.54, 1.807) is 42.1 Å². The fraction of sp³-hybridized carbons (Fsp3) is 0.107. The van der Waals surface area contributed by atoms with Crippen molar-refractivity contribution < 1.29 is 24.5 Å². The van der Waals surface area contributed by atoms with Gasteiger partial charge >= 0.3 is 0 Å². The smallest absolute Gasteiger partial charge is 0.196 e. The fourth-order valence-electron chi connectivity index (χ4n) is 3.20. The zero-order chi connectivity index (χ0) is 23.8. The third-order valence-corrected chi connectivity index (χ3v) is 5.95. The number of hydrogen-bond donors (Lipinski definition) is 2. The molecule has 2 N–H and O–H groups in total. The molecule has 4 aromatic rings. The van der Waals surface area contributed by atoms with Crippen molar-refractivity contribution in [1.29, 1.82) is 0 Å². The Kier molecular flexibility index (Phi) is 7.86. The molecule has 0 saturated heterocycles. The molecular weight excluding hydrogens is 448 g/mol. The summed E-state index contributed by atoms with van der Waals surface area (Å²) in [6.45, 7) is 0.0607. The van der Waals surface area contributed by atoms with Crippen LogP contribution in [-0.4, -0.2) is 35.3 Å². The Bertz CT molecular complexity index is 1210. The van der Waals surface area contributed by atoms with Gasteiger partial charge in [-0.05, 0) is 60.7 Å². The van der Waals surface area contributed by atoms with Crippen molar-refractivity contribution in [3.05, 3.63) is 114 Å². The van der Waals surface area contributed by atoms with Crippen LogP contribution < -0.4 is 9.47 Å². The molecule has 0 fully saturated rings. The van der Waals surface area contributed by atoms with Crippen LogP contribution in [0.2, 0.25) is 0 Å². The van der Waals surface area contributed by atoms with Crippen LogP contribution in [0.15, 0.2) is 113 Å². The summed E-state index contributed by atoms with van der Waals surface area (Å²) in [6, 6.07) is 30.9. The van der Waals surface area contributed by atoms with Gasteiger partial charge in [0, 0.05) is 21.4 Å². The summed E-state index contributed by atoms with van der Waals surface area (Å²) in [5.41, 5.74) is 0.665. The van der Waals surface area contributed by atoms with E-state index >= 15 is 0 Å². The number of aromatic hydroxyl groups is 1. The van der Waals surface area contributed by atoms with E-state index in [0.29, 0.717) is 17.1 Å². The number of aliphatic hydroxyl groups is 1. The van der Waals surface area contributed by atoms with Crippen LogP contribution in [0.25, 0.3) is 0 Å². The first-order valence-electron chi connectivity index (χ1n) is 10.8. The number of ketones is 1. The summed E-state index contributed by atoms with van der Waals surface area (Å²) in [7, 11) is 0. The molecule has 0 aliphatic carbocycles. The second-order valence-corrected chi connectivity index (χ2v) is 8.68. The van der Waals surface area contributed by atoms with Gasteiger partial charge in [-0.25, -0.2) is 0 Å². The van der Waals surface area contributed by atoms with E-state index in [1.807, 2.05) is 60.7 Å². The number of phenols is 1. The van der Waals surface area contributed by atoms with E-state index in [-0.39, 0.29) is 30.3 Å². The Morgan fingerprint density at radius 1 is 0.735 bits per heavy atom. The van der Waals surface area contributed by atoms with E-state index in [2.05, 4.69) is 0 Å². The number of phenolic OH excluding ortho intramolecular Hbond substituents is 1. The predicted octanol–water partition coefficient (Wildman–Crippen LogP) is 5.59. The van der Waals surface area contributed by atoms with Gasteiger partial charge in [-0.1, -0.05) is 48.2 Å². The molecule has 0 amide bonds. The minimum Gasteiger partial charge on any atom is -0.507 e. The maximum absolute atomic E-state index is 12.9. The molecule has 34 heavy (non-hydrogen) atoms.